The average Bonchev–Trinajstić information content (AvgIpc) is 2.83. The largest absolute Gasteiger partial charge is 0.497 e. The van der Waals surface area contributed by atoms with Crippen molar-refractivity contribution in [3.05, 3.63) is 88.4 Å². The van der Waals surface area contributed by atoms with Crippen molar-refractivity contribution in [2.45, 2.75) is 25.9 Å². The van der Waals surface area contributed by atoms with Crippen LogP contribution in [0.25, 0.3) is 0 Å². The number of nitrogens with zero attached hydrogens (tertiary/aromatic N) is 2. The lowest BCUT2D eigenvalue weighted by molar-refractivity contribution is -0.131. The number of ether oxygens (including phenoxy) is 1. The second-order valence-electron chi connectivity index (χ2n) is 7.93. The molecule has 3 N–H and O–H groups in total. The van der Waals surface area contributed by atoms with Gasteiger partial charge in [0.05, 0.1) is 19.1 Å². The van der Waals surface area contributed by atoms with Crippen LogP contribution in [-0.4, -0.2) is 35.4 Å². The molecule has 1 aliphatic heterocycles. The van der Waals surface area contributed by atoms with Gasteiger partial charge < -0.3 is 20.7 Å². The van der Waals surface area contributed by atoms with E-state index in [1.807, 2.05) is 24.3 Å². The van der Waals surface area contributed by atoms with Crippen LogP contribution in [0.3, 0.4) is 0 Å². The molecular formula is C25H25FN4O3. The van der Waals surface area contributed by atoms with Crippen molar-refractivity contribution in [3.63, 3.8) is 0 Å². The molecule has 7 nitrogen and oxygen atoms in total. The number of hydrogen-bond acceptors (Lipinski definition) is 5. The molecule has 0 atom stereocenters. The normalized spacial score (nSPS) is 12.7. The first-order chi connectivity index (χ1) is 15.9. The number of rotatable bonds is 6. The lowest BCUT2D eigenvalue weighted by Gasteiger charge is -2.29. The summed E-state index contributed by atoms with van der Waals surface area (Å²) < 4.78 is 18.3. The van der Waals surface area contributed by atoms with E-state index >= 15 is 0 Å². The molecule has 33 heavy (non-hydrogen) atoms. The summed E-state index contributed by atoms with van der Waals surface area (Å²) in [5.41, 5.74) is 9.59. The van der Waals surface area contributed by atoms with E-state index in [0.29, 0.717) is 31.8 Å². The molecule has 0 saturated carbocycles. The van der Waals surface area contributed by atoms with Crippen molar-refractivity contribution in [3.8, 4) is 5.75 Å². The highest BCUT2D eigenvalue weighted by atomic mass is 19.1. The molecule has 8 heteroatoms. The van der Waals surface area contributed by atoms with Gasteiger partial charge in [-0.2, -0.15) is 0 Å². The minimum Gasteiger partial charge on any atom is -0.497 e. The predicted octanol–water partition coefficient (Wildman–Crippen LogP) is 2.87. The van der Waals surface area contributed by atoms with Crippen LogP contribution >= 0.6 is 0 Å². The monoisotopic (exact) mass is 448 g/mol. The molecule has 0 unspecified atom stereocenters. The number of halogens is 1. The van der Waals surface area contributed by atoms with E-state index in [9.17, 15) is 14.0 Å². The zero-order valence-corrected chi connectivity index (χ0v) is 18.3. The van der Waals surface area contributed by atoms with E-state index in [1.54, 1.807) is 30.2 Å². The molecule has 0 fully saturated rings. The van der Waals surface area contributed by atoms with Gasteiger partial charge in [-0.15, -0.1) is 0 Å². The zero-order valence-electron chi connectivity index (χ0n) is 18.3. The van der Waals surface area contributed by atoms with Gasteiger partial charge in [0.2, 0.25) is 5.91 Å². The molecule has 4 rings (SSSR count). The molecule has 2 aromatic carbocycles. The van der Waals surface area contributed by atoms with Gasteiger partial charge in [0.15, 0.2) is 0 Å². The number of nitrogens with two attached hydrogens (primary N) is 1. The smallest absolute Gasteiger partial charge is 0.255 e. The Bertz CT molecular complexity index is 1180. The van der Waals surface area contributed by atoms with Gasteiger partial charge in [-0.1, -0.05) is 24.3 Å². The van der Waals surface area contributed by atoms with Gasteiger partial charge in [0.1, 0.15) is 17.4 Å². The maximum absolute atomic E-state index is 13.1. The Morgan fingerprint density at radius 3 is 2.70 bits per heavy atom. The van der Waals surface area contributed by atoms with Crippen molar-refractivity contribution < 1.29 is 18.7 Å². The van der Waals surface area contributed by atoms with E-state index in [-0.39, 0.29) is 35.4 Å². The van der Waals surface area contributed by atoms with Crippen LogP contribution in [-0.2, 0) is 30.7 Å². The van der Waals surface area contributed by atoms with Crippen LogP contribution in [0.1, 0.15) is 32.7 Å². The lowest BCUT2D eigenvalue weighted by Crippen LogP contribution is -2.37. The minimum absolute atomic E-state index is 0.0619. The summed E-state index contributed by atoms with van der Waals surface area (Å²) in [6.45, 7) is 1.18. The molecule has 3 aromatic rings. The molecule has 1 aliphatic rings. The zero-order chi connectivity index (χ0) is 23.4. The Morgan fingerprint density at radius 1 is 1.15 bits per heavy atom. The maximum atomic E-state index is 13.1. The van der Waals surface area contributed by atoms with Crippen LogP contribution in [0.2, 0.25) is 0 Å². The first-order valence-corrected chi connectivity index (χ1v) is 10.6. The molecule has 0 radical (unpaired) electrons. The fourth-order valence-electron chi connectivity index (χ4n) is 3.83. The average molecular weight is 448 g/mol. The van der Waals surface area contributed by atoms with Crippen LogP contribution in [0.4, 0.5) is 10.2 Å². The second kappa shape index (κ2) is 9.68. The number of nitrogens with one attached hydrogen (secondary N) is 1. The number of nitrogen functional groups attached to an aromatic ring is 1. The van der Waals surface area contributed by atoms with E-state index in [0.717, 1.165) is 22.4 Å². The van der Waals surface area contributed by atoms with Crippen LogP contribution in [0.15, 0.2) is 54.6 Å². The van der Waals surface area contributed by atoms with Gasteiger partial charge in [-0.3, -0.25) is 9.59 Å². The highest BCUT2D eigenvalue weighted by Gasteiger charge is 2.24. The molecule has 170 valence electrons. The van der Waals surface area contributed by atoms with Gasteiger partial charge in [0, 0.05) is 31.7 Å². The Labute approximate surface area is 191 Å². The van der Waals surface area contributed by atoms with Gasteiger partial charge in [-0.05, 0) is 47.0 Å². The van der Waals surface area contributed by atoms with Gasteiger partial charge >= 0.3 is 0 Å². The minimum atomic E-state index is -0.334. The lowest BCUT2D eigenvalue weighted by atomic mass is 10.0. The topological polar surface area (TPSA) is 97.5 Å². The Kier molecular flexibility index (Phi) is 6.53. The summed E-state index contributed by atoms with van der Waals surface area (Å²) >= 11 is 0. The molecule has 1 aromatic heterocycles. The van der Waals surface area contributed by atoms with Gasteiger partial charge in [0.25, 0.3) is 5.91 Å². The summed E-state index contributed by atoms with van der Waals surface area (Å²) in [6, 6.07) is 15.0. The summed E-state index contributed by atoms with van der Waals surface area (Å²) in [7, 11) is 1.59. The highest BCUT2D eigenvalue weighted by molar-refractivity contribution is 5.98. The molecule has 0 saturated heterocycles. The van der Waals surface area contributed by atoms with E-state index in [2.05, 4.69) is 10.3 Å². The summed E-state index contributed by atoms with van der Waals surface area (Å²) in [5.74, 6) is 0.151. The fourth-order valence-corrected chi connectivity index (χ4v) is 3.83. The number of hydrogen-bond donors (Lipinski definition) is 2. The van der Waals surface area contributed by atoms with Crippen LogP contribution in [0.5, 0.6) is 5.75 Å². The van der Waals surface area contributed by atoms with Crippen molar-refractivity contribution in [2.24, 2.45) is 0 Å². The van der Waals surface area contributed by atoms with Crippen LogP contribution < -0.4 is 15.8 Å². The first kappa shape index (κ1) is 22.3. The SMILES string of the molecule is COc1cccc(CNC(=O)c2cc3c(nc2N)CCN(C(=O)Cc2ccc(F)cc2)C3)c1. The number of pyridine rings is 1. The van der Waals surface area contributed by atoms with E-state index in [4.69, 9.17) is 10.5 Å². The fraction of sp³-hybridized carbons (Fsp3) is 0.240. The van der Waals surface area contributed by atoms with Crippen molar-refractivity contribution in [1.82, 2.24) is 15.2 Å². The highest BCUT2D eigenvalue weighted by Crippen LogP contribution is 2.23. The van der Waals surface area contributed by atoms with Crippen molar-refractivity contribution in [1.29, 1.82) is 0 Å². The van der Waals surface area contributed by atoms with E-state index < -0.39 is 0 Å². The predicted molar refractivity (Wildman–Crippen MR) is 122 cm³/mol. The molecular weight excluding hydrogens is 423 g/mol. The van der Waals surface area contributed by atoms with Crippen molar-refractivity contribution >= 4 is 17.6 Å². The van der Waals surface area contributed by atoms with Crippen LogP contribution in [0, 0.1) is 5.82 Å². The summed E-state index contributed by atoms with van der Waals surface area (Å²) in [5, 5.41) is 2.86. The number of aromatic nitrogens is 1. The van der Waals surface area contributed by atoms with E-state index in [1.165, 1.54) is 12.1 Å². The quantitative estimate of drug-likeness (QED) is 0.604. The third-order valence-corrected chi connectivity index (χ3v) is 5.65. The maximum Gasteiger partial charge on any atom is 0.255 e. The number of amides is 2. The molecule has 0 aliphatic carbocycles. The van der Waals surface area contributed by atoms with Gasteiger partial charge in [-0.25, -0.2) is 9.37 Å². The number of carbonyl (C=O) groups is 2. The summed E-state index contributed by atoms with van der Waals surface area (Å²) in [4.78, 5) is 31.7. The Balaban J connectivity index is 1.44. The number of anilines is 1. The first-order valence-electron chi connectivity index (χ1n) is 10.6. The molecule has 2 amide bonds. The number of methoxy groups -OCH3 is 1. The second-order valence-corrected chi connectivity index (χ2v) is 7.93. The molecule has 0 bridgehead atoms. The Morgan fingerprint density at radius 2 is 1.94 bits per heavy atom. The number of fused-ring (bicyclic) bond motifs is 1. The number of benzene rings is 2. The molecule has 0 spiro atoms. The third kappa shape index (κ3) is 5.28. The third-order valence-electron chi connectivity index (χ3n) is 5.65. The van der Waals surface area contributed by atoms with Crippen molar-refractivity contribution in [2.75, 3.05) is 19.4 Å². The standard InChI is InChI=1S/C25H25FN4O3/c1-33-20-4-2-3-17(11-20)14-28-25(32)21-13-18-15-30(10-9-22(18)29-24(21)27)23(31)12-16-5-7-19(26)8-6-16/h2-8,11,13H,9-10,12,14-15H2,1H3,(H2,27,29)(H,28,32). The Hall–Kier alpha value is -3.94. The number of carbonyl (C=O) groups excluding carboxylic acids is 2. The summed E-state index contributed by atoms with van der Waals surface area (Å²) in [6.07, 6.45) is 0.742. The molecule has 2 heterocycles.